The number of piperazine rings is 1. The van der Waals surface area contributed by atoms with Crippen molar-refractivity contribution >= 4 is 11.8 Å². The van der Waals surface area contributed by atoms with Crippen LogP contribution in [0.2, 0.25) is 0 Å². The molecule has 1 heterocycles. The molecular weight excluding hydrogens is 316 g/mol. The monoisotopic (exact) mass is 344 g/mol. The van der Waals surface area contributed by atoms with Crippen LogP contribution in [0.3, 0.4) is 0 Å². The summed E-state index contributed by atoms with van der Waals surface area (Å²) in [6, 6.07) is 10.4. The van der Waals surface area contributed by atoms with Crippen LogP contribution in [0.4, 0.5) is 0 Å². The van der Waals surface area contributed by atoms with Gasteiger partial charge in [0, 0.05) is 32.7 Å². The average Bonchev–Trinajstić information content (AvgIpc) is 3.09. The molecule has 2 aliphatic rings. The molecule has 2 amide bonds. The zero-order valence-corrected chi connectivity index (χ0v) is 14.7. The smallest absolute Gasteiger partial charge is 0.242 e. The Balaban J connectivity index is 1.40. The molecule has 1 aliphatic carbocycles. The summed E-state index contributed by atoms with van der Waals surface area (Å²) < 4.78 is 0. The molecular formula is C19H28N4O2. The van der Waals surface area contributed by atoms with Crippen LogP contribution in [0.1, 0.15) is 31.2 Å². The number of hydrogen-bond acceptors (Lipinski definition) is 4. The van der Waals surface area contributed by atoms with E-state index in [1.807, 2.05) is 23.1 Å². The van der Waals surface area contributed by atoms with E-state index in [4.69, 9.17) is 5.73 Å². The first-order valence-electron chi connectivity index (χ1n) is 9.18. The van der Waals surface area contributed by atoms with Crippen LogP contribution >= 0.6 is 0 Å². The minimum Gasteiger partial charge on any atom is -0.345 e. The predicted molar refractivity (Wildman–Crippen MR) is 96.7 cm³/mol. The summed E-state index contributed by atoms with van der Waals surface area (Å²) >= 11 is 0. The summed E-state index contributed by atoms with van der Waals surface area (Å²) in [4.78, 5) is 28.7. The lowest BCUT2D eigenvalue weighted by Gasteiger charge is -2.35. The summed E-state index contributed by atoms with van der Waals surface area (Å²) in [6.07, 6.45) is 3.40. The van der Waals surface area contributed by atoms with Crippen LogP contribution in [-0.2, 0) is 16.1 Å². The summed E-state index contributed by atoms with van der Waals surface area (Å²) in [5.41, 5.74) is 6.64. The van der Waals surface area contributed by atoms with Gasteiger partial charge in [-0.05, 0) is 18.4 Å². The number of carbonyl (C=O) groups excluding carboxylic acids is 2. The van der Waals surface area contributed by atoms with E-state index in [2.05, 4.69) is 22.3 Å². The molecule has 3 N–H and O–H groups in total. The fraction of sp³-hybridized carbons (Fsp3) is 0.579. The molecule has 136 valence electrons. The molecule has 3 rings (SSSR count). The Kier molecular flexibility index (Phi) is 5.71. The second-order valence-electron chi connectivity index (χ2n) is 7.19. The molecule has 1 aliphatic heterocycles. The molecule has 0 atom stereocenters. The van der Waals surface area contributed by atoms with Crippen LogP contribution < -0.4 is 11.1 Å². The van der Waals surface area contributed by atoms with Gasteiger partial charge in [0.05, 0.1) is 12.1 Å². The summed E-state index contributed by atoms with van der Waals surface area (Å²) in [5.74, 6) is -0.199. The number of benzene rings is 1. The number of carbonyl (C=O) groups is 2. The number of nitrogens with zero attached hydrogens (tertiary/aromatic N) is 2. The Morgan fingerprint density at radius 1 is 1.04 bits per heavy atom. The molecule has 25 heavy (non-hydrogen) atoms. The lowest BCUT2D eigenvalue weighted by atomic mass is 9.98. The van der Waals surface area contributed by atoms with Crippen molar-refractivity contribution in [3.63, 3.8) is 0 Å². The van der Waals surface area contributed by atoms with Gasteiger partial charge in [-0.15, -0.1) is 0 Å². The van der Waals surface area contributed by atoms with Gasteiger partial charge < -0.3 is 16.0 Å². The predicted octanol–water partition coefficient (Wildman–Crippen LogP) is 0.719. The van der Waals surface area contributed by atoms with Crippen molar-refractivity contribution < 1.29 is 9.59 Å². The maximum atomic E-state index is 12.3. The lowest BCUT2D eigenvalue weighted by molar-refractivity contribution is -0.135. The van der Waals surface area contributed by atoms with Crippen molar-refractivity contribution in [2.75, 3.05) is 32.7 Å². The Morgan fingerprint density at radius 3 is 2.32 bits per heavy atom. The number of nitrogens with one attached hydrogen (secondary N) is 1. The largest absolute Gasteiger partial charge is 0.345 e. The highest BCUT2D eigenvalue weighted by molar-refractivity contribution is 5.90. The van der Waals surface area contributed by atoms with Gasteiger partial charge in [0.1, 0.15) is 0 Å². The summed E-state index contributed by atoms with van der Waals surface area (Å²) in [6.45, 7) is 4.08. The third-order valence-corrected chi connectivity index (χ3v) is 5.32. The molecule has 0 radical (unpaired) electrons. The van der Waals surface area contributed by atoms with Crippen molar-refractivity contribution in [2.45, 2.75) is 37.8 Å². The summed E-state index contributed by atoms with van der Waals surface area (Å²) in [5, 5.41) is 2.74. The maximum Gasteiger partial charge on any atom is 0.242 e. The van der Waals surface area contributed by atoms with Crippen LogP contribution in [0.15, 0.2) is 30.3 Å². The first kappa shape index (κ1) is 17.9. The van der Waals surface area contributed by atoms with Gasteiger partial charge >= 0.3 is 0 Å². The zero-order valence-electron chi connectivity index (χ0n) is 14.7. The highest BCUT2D eigenvalue weighted by Gasteiger charge is 2.37. The molecule has 0 aromatic heterocycles. The topological polar surface area (TPSA) is 78.7 Å². The number of rotatable bonds is 5. The van der Waals surface area contributed by atoms with Gasteiger partial charge in [0.15, 0.2) is 0 Å². The van der Waals surface area contributed by atoms with Crippen LogP contribution in [0.25, 0.3) is 0 Å². The second-order valence-corrected chi connectivity index (χ2v) is 7.19. The minimum atomic E-state index is -0.769. The number of nitrogens with two attached hydrogens (primary N) is 1. The van der Waals surface area contributed by atoms with E-state index < -0.39 is 5.54 Å². The molecule has 0 spiro atoms. The molecule has 6 heteroatoms. The Morgan fingerprint density at radius 2 is 1.68 bits per heavy atom. The van der Waals surface area contributed by atoms with Crippen LogP contribution in [0, 0.1) is 0 Å². The first-order valence-corrected chi connectivity index (χ1v) is 9.18. The lowest BCUT2D eigenvalue weighted by Crippen LogP contribution is -2.55. The van der Waals surface area contributed by atoms with Gasteiger partial charge in [-0.25, -0.2) is 0 Å². The van der Waals surface area contributed by atoms with Gasteiger partial charge in [0.2, 0.25) is 11.8 Å². The number of hydrogen-bond donors (Lipinski definition) is 2. The standard InChI is InChI=1S/C19H28N4O2/c20-19(8-4-5-9-19)18(25)21-14-17(24)23-12-10-22(11-13-23)15-16-6-2-1-3-7-16/h1-3,6-7H,4-5,8-15,20H2,(H,21,25). The van der Waals surface area contributed by atoms with Gasteiger partial charge in [-0.3, -0.25) is 14.5 Å². The van der Waals surface area contributed by atoms with E-state index in [1.165, 1.54) is 5.56 Å². The van der Waals surface area contributed by atoms with E-state index in [1.54, 1.807) is 0 Å². The third-order valence-electron chi connectivity index (χ3n) is 5.32. The molecule has 0 bridgehead atoms. The molecule has 2 fully saturated rings. The summed E-state index contributed by atoms with van der Waals surface area (Å²) in [7, 11) is 0. The van der Waals surface area contributed by atoms with Crippen molar-refractivity contribution in [3.05, 3.63) is 35.9 Å². The maximum absolute atomic E-state index is 12.3. The van der Waals surface area contributed by atoms with Crippen LogP contribution in [0.5, 0.6) is 0 Å². The molecule has 1 aromatic rings. The van der Waals surface area contributed by atoms with Gasteiger partial charge in [-0.2, -0.15) is 0 Å². The Labute approximate surface area is 149 Å². The highest BCUT2D eigenvalue weighted by Crippen LogP contribution is 2.27. The van der Waals surface area contributed by atoms with Crippen molar-refractivity contribution in [1.29, 1.82) is 0 Å². The third kappa shape index (κ3) is 4.58. The second kappa shape index (κ2) is 7.97. The normalized spacial score (nSPS) is 20.4. The molecule has 1 aromatic carbocycles. The molecule has 0 unspecified atom stereocenters. The zero-order chi connectivity index (χ0) is 17.7. The SMILES string of the molecule is NC1(C(=O)NCC(=O)N2CCN(Cc3ccccc3)CC2)CCCC1. The fourth-order valence-electron chi connectivity index (χ4n) is 3.67. The number of amides is 2. The fourth-order valence-corrected chi connectivity index (χ4v) is 3.67. The van der Waals surface area contributed by atoms with E-state index in [0.717, 1.165) is 32.5 Å². The van der Waals surface area contributed by atoms with Crippen molar-refractivity contribution in [1.82, 2.24) is 15.1 Å². The van der Waals surface area contributed by atoms with Crippen molar-refractivity contribution in [3.8, 4) is 0 Å². The van der Waals surface area contributed by atoms with Crippen LogP contribution in [-0.4, -0.2) is 59.9 Å². The quantitative estimate of drug-likeness (QED) is 0.825. The van der Waals surface area contributed by atoms with E-state index in [0.29, 0.717) is 25.9 Å². The van der Waals surface area contributed by atoms with E-state index >= 15 is 0 Å². The Bertz CT molecular complexity index is 591. The average molecular weight is 344 g/mol. The van der Waals surface area contributed by atoms with Gasteiger partial charge in [-0.1, -0.05) is 43.2 Å². The van der Waals surface area contributed by atoms with Crippen molar-refractivity contribution in [2.24, 2.45) is 5.73 Å². The molecule has 1 saturated carbocycles. The molecule has 6 nitrogen and oxygen atoms in total. The molecule has 1 saturated heterocycles. The van der Waals surface area contributed by atoms with E-state index in [-0.39, 0.29) is 18.4 Å². The minimum absolute atomic E-state index is 0.0192. The highest BCUT2D eigenvalue weighted by atomic mass is 16.2. The first-order chi connectivity index (χ1) is 12.1. The Hall–Kier alpha value is -1.92. The van der Waals surface area contributed by atoms with E-state index in [9.17, 15) is 9.59 Å². The van der Waals surface area contributed by atoms with Gasteiger partial charge in [0.25, 0.3) is 0 Å².